The minimum Gasteiger partial charge on any atom is -0.396 e. The lowest BCUT2D eigenvalue weighted by atomic mass is 9.99. The van der Waals surface area contributed by atoms with Crippen molar-refractivity contribution in [3.63, 3.8) is 0 Å². The molecule has 1 aromatic heterocycles. The lowest BCUT2D eigenvalue weighted by Gasteiger charge is -2.31. The zero-order valence-corrected chi connectivity index (χ0v) is 13.7. The van der Waals surface area contributed by atoms with Crippen molar-refractivity contribution in [2.24, 2.45) is 5.92 Å². The van der Waals surface area contributed by atoms with Crippen LogP contribution in [-0.4, -0.2) is 45.9 Å². The molecule has 1 aliphatic rings. The molecule has 0 spiro atoms. The molecule has 2 aromatic rings. The van der Waals surface area contributed by atoms with E-state index in [0.717, 1.165) is 24.0 Å². The Bertz CT molecular complexity index is 701. The number of aromatic nitrogens is 2. The van der Waals surface area contributed by atoms with Crippen LogP contribution in [0, 0.1) is 12.8 Å². The molecule has 1 aliphatic heterocycles. The molecule has 0 aliphatic carbocycles. The van der Waals surface area contributed by atoms with Crippen molar-refractivity contribution in [1.29, 1.82) is 0 Å². The molecule has 7 heteroatoms. The van der Waals surface area contributed by atoms with Gasteiger partial charge >= 0.3 is 6.03 Å². The molecule has 2 N–H and O–H groups in total. The van der Waals surface area contributed by atoms with E-state index in [4.69, 9.17) is 4.52 Å². The van der Waals surface area contributed by atoms with Gasteiger partial charge in [0.15, 0.2) is 0 Å². The largest absolute Gasteiger partial charge is 0.396 e. The van der Waals surface area contributed by atoms with Crippen LogP contribution in [0.4, 0.5) is 4.79 Å². The van der Waals surface area contributed by atoms with Crippen LogP contribution in [0.5, 0.6) is 0 Å². The third kappa shape index (κ3) is 3.91. The summed E-state index contributed by atoms with van der Waals surface area (Å²) < 4.78 is 5.20. The second-order valence-electron chi connectivity index (χ2n) is 6.18. The minimum atomic E-state index is -0.163. The Balaban J connectivity index is 1.56. The third-order valence-corrected chi connectivity index (χ3v) is 4.20. The first kappa shape index (κ1) is 16.4. The van der Waals surface area contributed by atoms with Gasteiger partial charge in [-0.3, -0.25) is 0 Å². The Labute approximate surface area is 140 Å². The van der Waals surface area contributed by atoms with Gasteiger partial charge in [-0.2, -0.15) is 4.98 Å². The van der Waals surface area contributed by atoms with Crippen LogP contribution in [0.25, 0.3) is 11.4 Å². The van der Waals surface area contributed by atoms with Crippen molar-refractivity contribution in [3.8, 4) is 11.4 Å². The minimum absolute atomic E-state index is 0.118. The maximum Gasteiger partial charge on any atom is 0.317 e. The molecule has 1 atom stereocenters. The molecular weight excluding hydrogens is 308 g/mol. The number of rotatable bonds is 4. The molecule has 3 rings (SSSR count). The predicted octanol–water partition coefficient (Wildman–Crippen LogP) is 1.96. The van der Waals surface area contributed by atoms with Crippen LogP contribution in [-0.2, 0) is 6.54 Å². The highest BCUT2D eigenvalue weighted by molar-refractivity contribution is 5.74. The summed E-state index contributed by atoms with van der Waals surface area (Å²) in [5.74, 6) is 1.05. The van der Waals surface area contributed by atoms with E-state index in [0.29, 0.717) is 24.8 Å². The zero-order valence-electron chi connectivity index (χ0n) is 13.7. The standard InChI is InChI=1S/C17H22N4O3/c1-12-4-2-6-14(8-12)16-19-15(24-20-16)9-18-17(23)21-7-3-5-13(10-21)11-22/h2,4,6,8,13,22H,3,5,7,9-11H2,1H3,(H,18,23)/t13-/m1/s1. The van der Waals surface area contributed by atoms with Gasteiger partial charge in [0.05, 0.1) is 6.54 Å². The van der Waals surface area contributed by atoms with Gasteiger partial charge in [-0.05, 0) is 31.7 Å². The first-order valence-electron chi connectivity index (χ1n) is 8.19. The third-order valence-electron chi connectivity index (χ3n) is 4.20. The van der Waals surface area contributed by atoms with Crippen molar-refractivity contribution in [3.05, 3.63) is 35.7 Å². The number of urea groups is 1. The molecule has 1 saturated heterocycles. The van der Waals surface area contributed by atoms with Crippen molar-refractivity contribution in [1.82, 2.24) is 20.4 Å². The molecule has 0 saturated carbocycles. The zero-order chi connectivity index (χ0) is 16.9. The van der Waals surface area contributed by atoms with Crippen molar-refractivity contribution >= 4 is 6.03 Å². The van der Waals surface area contributed by atoms with E-state index >= 15 is 0 Å². The Kier molecular flexibility index (Phi) is 5.10. The van der Waals surface area contributed by atoms with Gasteiger partial charge in [0, 0.05) is 25.3 Å². The molecule has 0 radical (unpaired) electrons. The van der Waals surface area contributed by atoms with E-state index in [2.05, 4.69) is 15.5 Å². The van der Waals surface area contributed by atoms with Gasteiger partial charge in [0.2, 0.25) is 11.7 Å². The Morgan fingerprint density at radius 2 is 2.38 bits per heavy atom. The summed E-state index contributed by atoms with van der Waals surface area (Å²) in [7, 11) is 0. The van der Waals surface area contributed by atoms with E-state index in [1.54, 1.807) is 4.90 Å². The summed E-state index contributed by atoms with van der Waals surface area (Å²) in [6.07, 6.45) is 1.88. The van der Waals surface area contributed by atoms with Crippen LogP contribution >= 0.6 is 0 Å². The second kappa shape index (κ2) is 7.44. The fourth-order valence-electron chi connectivity index (χ4n) is 2.89. The van der Waals surface area contributed by atoms with E-state index in [9.17, 15) is 9.90 Å². The smallest absolute Gasteiger partial charge is 0.317 e. The van der Waals surface area contributed by atoms with Crippen LogP contribution in [0.3, 0.4) is 0 Å². The number of hydrogen-bond donors (Lipinski definition) is 2. The topological polar surface area (TPSA) is 91.5 Å². The average molecular weight is 330 g/mol. The number of carbonyl (C=O) groups is 1. The number of carbonyl (C=O) groups excluding carboxylic acids is 1. The molecule has 128 valence electrons. The highest BCUT2D eigenvalue weighted by Gasteiger charge is 2.23. The van der Waals surface area contributed by atoms with Crippen molar-refractivity contribution < 1.29 is 14.4 Å². The highest BCUT2D eigenvalue weighted by Crippen LogP contribution is 2.17. The van der Waals surface area contributed by atoms with Gasteiger partial charge in [-0.25, -0.2) is 4.79 Å². The summed E-state index contributed by atoms with van der Waals surface area (Å²) in [6, 6.07) is 7.68. The molecule has 7 nitrogen and oxygen atoms in total. The van der Waals surface area contributed by atoms with Gasteiger partial charge in [-0.1, -0.05) is 28.9 Å². The van der Waals surface area contributed by atoms with Crippen LogP contribution < -0.4 is 5.32 Å². The number of aliphatic hydroxyl groups excluding tert-OH is 1. The SMILES string of the molecule is Cc1cccc(-c2noc(CNC(=O)N3CCC[C@@H](CO)C3)n2)c1. The quantitative estimate of drug-likeness (QED) is 0.894. The lowest BCUT2D eigenvalue weighted by molar-refractivity contribution is 0.129. The number of amides is 2. The highest BCUT2D eigenvalue weighted by atomic mass is 16.5. The molecule has 2 amide bonds. The Morgan fingerprint density at radius 3 is 3.17 bits per heavy atom. The summed E-state index contributed by atoms with van der Waals surface area (Å²) >= 11 is 0. The lowest BCUT2D eigenvalue weighted by Crippen LogP contribution is -2.45. The number of aryl methyl sites for hydroxylation is 1. The fraction of sp³-hybridized carbons (Fsp3) is 0.471. The van der Waals surface area contributed by atoms with Crippen LogP contribution in [0.2, 0.25) is 0 Å². The van der Waals surface area contributed by atoms with Gasteiger partial charge < -0.3 is 19.8 Å². The Hall–Kier alpha value is -2.41. The van der Waals surface area contributed by atoms with E-state index in [-0.39, 0.29) is 25.1 Å². The number of piperidine rings is 1. The number of nitrogens with one attached hydrogen (secondary N) is 1. The molecule has 0 unspecified atom stereocenters. The number of likely N-dealkylation sites (tertiary alicyclic amines) is 1. The first-order chi connectivity index (χ1) is 11.7. The number of aliphatic hydroxyl groups is 1. The summed E-state index contributed by atoms with van der Waals surface area (Å²) in [5, 5.41) is 16.0. The van der Waals surface area contributed by atoms with Crippen molar-refractivity contribution in [2.75, 3.05) is 19.7 Å². The van der Waals surface area contributed by atoms with Crippen molar-refractivity contribution in [2.45, 2.75) is 26.3 Å². The monoisotopic (exact) mass is 330 g/mol. The summed E-state index contributed by atoms with van der Waals surface area (Å²) in [5.41, 5.74) is 2.01. The summed E-state index contributed by atoms with van der Waals surface area (Å²) in [6.45, 7) is 3.61. The molecule has 2 heterocycles. The molecule has 1 aromatic carbocycles. The summed E-state index contributed by atoms with van der Waals surface area (Å²) in [4.78, 5) is 18.2. The van der Waals surface area contributed by atoms with E-state index < -0.39 is 0 Å². The maximum atomic E-state index is 12.2. The molecule has 1 fully saturated rings. The van der Waals surface area contributed by atoms with E-state index in [1.165, 1.54) is 0 Å². The normalized spacial score (nSPS) is 17.8. The van der Waals surface area contributed by atoms with Gasteiger partial charge in [0.1, 0.15) is 0 Å². The second-order valence-corrected chi connectivity index (χ2v) is 6.18. The maximum absolute atomic E-state index is 12.2. The average Bonchev–Trinajstić information content (AvgIpc) is 3.09. The van der Waals surface area contributed by atoms with Gasteiger partial charge in [0.25, 0.3) is 0 Å². The predicted molar refractivity (Wildman–Crippen MR) is 88.1 cm³/mol. The number of benzene rings is 1. The fourth-order valence-corrected chi connectivity index (χ4v) is 2.89. The number of nitrogens with zero attached hydrogens (tertiary/aromatic N) is 3. The Morgan fingerprint density at radius 1 is 1.50 bits per heavy atom. The molecule has 24 heavy (non-hydrogen) atoms. The van der Waals surface area contributed by atoms with Crippen LogP contribution in [0.1, 0.15) is 24.3 Å². The first-order valence-corrected chi connectivity index (χ1v) is 8.19. The number of hydrogen-bond acceptors (Lipinski definition) is 5. The van der Waals surface area contributed by atoms with Crippen LogP contribution in [0.15, 0.2) is 28.8 Å². The molecule has 0 bridgehead atoms. The molecular formula is C17H22N4O3. The van der Waals surface area contributed by atoms with E-state index in [1.807, 2.05) is 31.2 Å². The van der Waals surface area contributed by atoms with Gasteiger partial charge in [-0.15, -0.1) is 0 Å².